The molecule has 0 radical (unpaired) electrons. The molecule has 3 rings (SSSR count). The quantitative estimate of drug-likeness (QED) is 0.673. The SMILES string of the molecule is COCc1nc(NCCc2nc(N)n[nH]2)cc([C@H]2CCOC2)n1. The van der Waals surface area contributed by atoms with Crippen molar-refractivity contribution in [3.63, 3.8) is 0 Å². The monoisotopic (exact) mass is 319 g/mol. The molecule has 3 heterocycles. The van der Waals surface area contributed by atoms with Crippen molar-refractivity contribution in [2.24, 2.45) is 0 Å². The molecule has 0 aliphatic carbocycles. The Bertz CT molecular complexity index is 640. The van der Waals surface area contributed by atoms with E-state index in [-0.39, 0.29) is 5.95 Å². The maximum atomic E-state index is 5.48. The summed E-state index contributed by atoms with van der Waals surface area (Å²) in [6, 6.07) is 1.98. The number of nitrogens with one attached hydrogen (secondary N) is 2. The molecular weight excluding hydrogens is 298 g/mol. The Morgan fingerprint density at radius 3 is 3.04 bits per heavy atom. The number of ether oxygens (including phenoxy) is 2. The molecule has 2 aromatic rings. The minimum absolute atomic E-state index is 0.257. The second-order valence-corrected chi connectivity index (χ2v) is 5.40. The first-order valence-electron chi connectivity index (χ1n) is 7.59. The van der Waals surface area contributed by atoms with Gasteiger partial charge in [0, 0.05) is 38.7 Å². The van der Waals surface area contributed by atoms with Gasteiger partial charge in [-0.25, -0.2) is 9.97 Å². The normalized spacial score (nSPS) is 17.5. The maximum absolute atomic E-state index is 5.48. The van der Waals surface area contributed by atoms with Crippen LogP contribution >= 0.6 is 0 Å². The molecule has 23 heavy (non-hydrogen) atoms. The number of nitrogens with two attached hydrogens (primary N) is 1. The Morgan fingerprint density at radius 1 is 1.43 bits per heavy atom. The van der Waals surface area contributed by atoms with Gasteiger partial charge in [0.2, 0.25) is 5.95 Å². The molecule has 1 aliphatic rings. The second-order valence-electron chi connectivity index (χ2n) is 5.40. The van der Waals surface area contributed by atoms with E-state index in [1.165, 1.54) is 0 Å². The molecule has 9 nitrogen and oxygen atoms in total. The highest BCUT2D eigenvalue weighted by Crippen LogP contribution is 2.25. The molecule has 4 N–H and O–H groups in total. The van der Waals surface area contributed by atoms with Gasteiger partial charge >= 0.3 is 0 Å². The Balaban J connectivity index is 1.66. The fourth-order valence-corrected chi connectivity index (χ4v) is 2.51. The van der Waals surface area contributed by atoms with Gasteiger partial charge in [-0.3, -0.25) is 5.10 Å². The van der Waals surface area contributed by atoms with E-state index >= 15 is 0 Å². The number of aromatic amines is 1. The van der Waals surface area contributed by atoms with Gasteiger partial charge in [0.15, 0.2) is 5.82 Å². The van der Waals surface area contributed by atoms with E-state index < -0.39 is 0 Å². The first kappa shape index (κ1) is 15.6. The molecule has 2 aromatic heterocycles. The molecule has 0 saturated carbocycles. The minimum atomic E-state index is 0.257. The standard InChI is InChI=1S/C14H21N7O2/c1-22-8-13-17-10(9-3-5-23-7-9)6-12(18-13)16-4-2-11-19-14(15)21-20-11/h6,9H,2-5,7-8H2,1H3,(H,16,17,18)(H3,15,19,20,21)/t9-/m0/s1. The average Bonchev–Trinajstić information content (AvgIpc) is 3.19. The fourth-order valence-electron chi connectivity index (χ4n) is 2.51. The molecule has 0 amide bonds. The van der Waals surface area contributed by atoms with E-state index in [1.54, 1.807) is 7.11 Å². The van der Waals surface area contributed by atoms with Crippen molar-refractivity contribution >= 4 is 11.8 Å². The predicted molar refractivity (Wildman–Crippen MR) is 83.9 cm³/mol. The summed E-state index contributed by atoms with van der Waals surface area (Å²) in [5, 5.41) is 9.88. The highest BCUT2D eigenvalue weighted by atomic mass is 16.5. The second kappa shape index (κ2) is 7.34. The minimum Gasteiger partial charge on any atom is -0.381 e. The Kier molecular flexibility index (Phi) is 4.99. The number of anilines is 2. The Labute approximate surface area is 134 Å². The van der Waals surface area contributed by atoms with Gasteiger partial charge in [0.25, 0.3) is 0 Å². The van der Waals surface area contributed by atoms with Crippen LogP contribution in [0.2, 0.25) is 0 Å². The van der Waals surface area contributed by atoms with E-state index in [2.05, 4.69) is 30.5 Å². The van der Waals surface area contributed by atoms with Crippen molar-refractivity contribution in [1.82, 2.24) is 25.1 Å². The van der Waals surface area contributed by atoms with Crippen LogP contribution in [0, 0.1) is 0 Å². The lowest BCUT2D eigenvalue weighted by molar-refractivity contribution is 0.177. The van der Waals surface area contributed by atoms with Crippen LogP contribution in [0.3, 0.4) is 0 Å². The van der Waals surface area contributed by atoms with Crippen LogP contribution in [0.5, 0.6) is 0 Å². The summed E-state index contributed by atoms with van der Waals surface area (Å²) in [4.78, 5) is 13.1. The number of methoxy groups -OCH3 is 1. The first-order chi connectivity index (χ1) is 11.2. The largest absolute Gasteiger partial charge is 0.381 e. The molecule has 1 fully saturated rings. The average molecular weight is 319 g/mol. The number of rotatable bonds is 7. The van der Waals surface area contributed by atoms with Gasteiger partial charge in [0.1, 0.15) is 18.2 Å². The van der Waals surface area contributed by atoms with Crippen LogP contribution < -0.4 is 11.1 Å². The summed E-state index contributed by atoms with van der Waals surface area (Å²) in [6.45, 7) is 2.54. The van der Waals surface area contributed by atoms with Crippen molar-refractivity contribution in [3.8, 4) is 0 Å². The lowest BCUT2D eigenvalue weighted by Crippen LogP contribution is -2.12. The lowest BCUT2D eigenvalue weighted by Gasteiger charge is -2.12. The number of nitrogen functional groups attached to an aromatic ring is 1. The third-order valence-electron chi connectivity index (χ3n) is 3.63. The van der Waals surface area contributed by atoms with Gasteiger partial charge in [-0.05, 0) is 6.42 Å². The van der Waals surface area contributed by atoms with Gasteiger partial charge in [-0.2, -0.15) is 4.98 Å². The zero-order valence-electron chi connectivity index (χ0n) is 13.1. The van der Waals surface area contributed by atoms with Crippen molar-refractivity contribution in [2.75, 3.05) is 37.9 Å². The Hall–Kier alpha value is -2.26. The van der Waals surface area contributed by atoms with Crippen molar-refractivity contribution in [3.05, 3.63) is 23.4 Å². The zero-order valence-corrected chi connectivity index (χ0v) is 13.1. The van der Waals surface area contributed by atoms with Crippen LogP contribution in [0.4, 0.5) is 11.8 Å². The summed E-state index contributed by atoms with van der Waals surface area (Å²) < 4.78 is 10.6. The zero-order chi connectivity index (χ0) is 16.1. The number of hydrogen-bond donors (Lipinski definition) is 3. The topological polar surface area (TPSA) is 124 Å². The molecule has 0 bridgehead atoms. The van der Waals surface area contributed by atoms with Crippen LogP contribution in [-0.4, -0.2) is 52.0 Å². The Morgan fingerprint density at radius 2 is 2.35 bits per heavy atom. The summed E-state index contributed by atoms with van der Waals surface area (Å²) >= 11 is 0. The van der Waals surface area contributed by atoms with E-state index in [9.17, 15) is 0 Å². The highest BCUT2D eigenvalue weighted by Gasteiger charge is 2.20. The summed E-state index contributed by atoms with van der Waals surface area (Å²) in [6.07, 6.45) is 1.66. The molecular formula is C14H21N7O2. The lowest BCUT2D eigenvalue weighted by atomic mass is 10.0. The number of hydrogen-bond acceptors (Lipinski definition) is 8. The smallest absolute Gasteiger partial charge is 0.239 e. The summed E-state index contributed by atoms with van der Waals surface area (Å²) in [7, 11) is 1.64. The molecule has 1 saturated heterocycles. The summed E-state index contributed by atoms with van der Waals surface area (Å²) in [5.74, 6) is 2.77. The van der Waals surface area contributed by atoms with E-state index in [4.69, 9.17) is 15.2 Å². The van der Waals surface area contributed by atoms with Gasteiger partial charge < -0.3 is 20.5 Å². The molecule has 1 aliphatic heterocycles. The van der Waals surface area contributed by atoms with Crippen molar-refractivity contribution in [2.45, 2.75) is 25.4 Å². The van der Waals surface area contributed by atoms with Crippen LogP contribution in [0.15, 0.2) is 6.07 Å². The number of nitrogens with zero attached hydrogens (tertiary/aromatic N) is 4. The van der Waals surface area contributed by atoms with E-state index in [0.717, 1.165) is 30.4 Å². The van der Waals surface area contributed by atoms with Crippen molar-refractivity contribution in [1.29, 1.82) is 0 Å². The molecule has 9 heteroatoms. The third kappa shape index (κ3) is 4.14. The predicted octanol–water partition coefficient (Wildman–Crippen LogP) is 0.482. The van der Waals surface area contributed by atoms with Crippen LogP contribution in [0.1, 0.15) is 29.7 Å². The van der Waals surface area contributed by atoms with Gasteiger partial charge in [0.05, 0.1) is 12.3 Å². The maximum Gasteiger partial charge on any atom is 0.239 e. The molecule has 1 atom stereocenters. The number of aromatic nitrogens is 5. The molecule has 0 aromatic carbocycles. The summed E-state index contributed by atoms with van der Waals surface area (Å²) in [5.41, 5.74) is 6.48. The third-order valence-corrected chi connectivity index (χ3v) is 3.63. The van der Waals surface area contributed by atoms with Crippen LogP contribution in [-0.2, 0) is 22.5 Å². The molecule has 124 valence electrons. The number of H-pyrrole nitrogens is 1. The van der Waals surface area contributed by atoms with E-state index in [0.29, 0.717) is 37.9 Å². The van der Waals surface area contributed by atoms with Crippen LogP contribution in [0.25, 0.3) is 0 Å². The molecule has 0 unspecified atom stereocenters. The first-order valence-corrected chi connectivity index (χ1v) is 7.59. The van der Waals surface area contributed by atoms with Crippen molar-refractivity contribution < 1.29 is 9.47 Å². The highest BCUT2D eigenvalue weighted by molar-refractivity contribution is 5.37. The molecule has 0 spiro atoms. The van der Waals surface area contributed by atoms with E-state index in [1.807, 2.05) is 6.07 Å². The van der Waals surface area contributed by atoms with Gasteiger partial charge in [-0.15, -0.1) is 5.10 Å². The fraction of sp³-hybridized carbons (Fsp3) is 0.571. The van der Waals surface area contributed by atoms with Gasteiger partial charge in [-0.1, -0.05) is 0 Å².